The van der Waals surface area contributed by atoms with E-state index in [4.69, 9.17) is 4.74 Å². The van der Waals surface area contributed by atoms with Crippen LogP contribution in [0.1, 0.15) is 34.7 Å². The van der Waals surface area contributed by atoms with E-state index >= 15 is 0 Å². The first-order chi connectivity index (χ1) is 15.0. The van der Waals surface area contributed by atoms with Crippen LogP contribution < -0.4 is 10.1 Å². The zero-order valence-electron chi connectivity index (χ0n) is 17.4. The number of carboxylic acids is 1. The zero-order valence-corrected chi connectivity index (χ0v) is 17.4. The molecule has 0 amide bonds. The topological polar surface area (TPSA) is 76.4 Å². The molecule has 0 bridgehead atoms. The van der Waals surface area contributed by atoms with Crippen LogP contribution in [-0.4, -0.2) is 27.7 Å². The third kappa shape index (κ3) is 3.61. The Balaban J connectivity index is 1.53. The average Bonchev–Trinajstić information content (AvgIpc) is 3.58. The molecular formula is C25H23N3O3. The second kappa shape index (κ2) is 7.47. The summed E-state index contributed by atoms with van der Waals surface area (Å²) in [7, 11) is 3.67. The van der Waals surface area contributed by atoms with Gasteiger partial charge in [-0.25, -0.2) is 9.78 Å². The molecule has 0 saturated heterocycles. The number of hydrogen-bond donors (Lipinski definition) is 2. The largest absolute Gasteiger partial charge is 0.497 e. The Morgan fingerprint density at radius 2 is 1.94 bits per heavy atom. The lowest BCUT2D eigenvalue weighted by Crippen LogP contribution is -2.06. The number of benzene rings is 2. The number of anilines is 2. The molecule has 1 aliphatic rings. The van der Waals surface area contributed by atoms with Crippen LogP contribution in [0.15, 0.2) is 60.9 Å². The molecule has 2 aromatic carbocycles. The SMILES string of the molecule is COc1ccc(-c2cn(C)c3ccc(Nc4ncc(C5CC5)cc4C(=O)O)cc23)cc1. The van der Waals surface area contributed by atoms with Crippen molar-refractivity contribution in [2.75, 3.05) is 12.4 Å². The minimum absolute atomic E-state index is 0.202. The molecule has 2 N–H and O–H groups in total. The van der Waals surface area contributed by atoms with E-state index in [1.165, 1.54) is 0 Å². The van der Waals surface area contributed by atoms with Crippen molar-refractivity contribution < 1.29 is 14.6 Å². The fourth-order valence-corrected chi connectivity index (χ4v) is 3.99. The van der Waals surface area contributed by atoms with E-state index in [1.807, 2.05) is 49.5 Å². The monoisotopic (exact) mass is 413 g/mol. The predicted molar refractivity (Wildman–Crippen MR) is 121 cm³/mol. The summed E-state index contributed by atoms with van der Waals surface area (Å²) in [5, 5.41) is 14.0. The number of rotatable bonds is 6. The first-order valence-electron chi connectivity index (χ1n) is 10.3. The van der Waals surface area contributed by atoms with Gasteiger partial charge in [0, 0.05) is 41.6 Å². The molecule has 5 rings (SSSR count). The van der Waals surface area contributed by atoms with Crippen molar-refractivity contribution in [2.24, 2.45) is 7.05 Å². The van der Waals surface area contributed by atoms with Crippen LogP contribution in [0, 0.1) is 0 Å². The maximum atomic E-state index is 11.8. The highest BCUT2D eigenvalue weighted by molar-refractivity contribution is 5.99. The van der Waals surface area contributed by atoms with Crippen molar-refractivity contribution >= 4 is 28.4 Å². The summed E-state index contributed by atoms with van der Waals surface area (Å²) >= 11 is 0. The number of aryl methyl sites for hydroxylation is 1. The normalized spacial score (nSPS) is 13.4. The number of carbonyl (C=O) groups is 1. The molecule has 1 fully saturated rings. The summed E-state index contributed by atoms with van der Waals surface area (Å²) in [4.78, 5) is 16.3. The molecule has 2 aromatic heterocycles. The highest BCUT2D eigenvalue weighted by atomic mass is 16.5. The lowest BCUT2D eigenvalue weighted by atomic mass is 10.0. The van der Waals surface area contributed by atoms with Crippen molar-refractivity contribution in [1.82, 2.24) is 9.55 Å². The number of hydrogen-bond acceptors (Lipinski definition) is 4. The summed E-state index contributed by atoms with van der Waals surface area (Å²) in [6.07, 6.45) is 6.09. The number of nitrogens with one attached hydrogen (secondary N) is 1. The second-order valence-electron chi connectivity index (χ2n) is 7.98. The molecule has 156 valence electrons. The lowest BCUT2D eigenvalue weighted by molar-refractivity contribution is 0.0697. The van der Waals surface area contributed by atoms with E-state index in [-0.39, 0.29) is 5.56 Å². The van der Waals surface area contributed by atoms with Gasteiger partial charge in [0.15, 0.2) is 0 Å². The van der Waals surface area contributed by atoms with Crippen LogP contribution >= 0.6 is 0 Å². The quantitative estimate of drug-likeness (QED) is 0.432. The standard InChI is InChI=1S/C25H23N3O3/c1-28-14-22(16-5-8-19(31-2)9-6-16)20-12-18(7-10-23(20)28)27-24-21(25(29)30)11-17(13-26-24)15-3-4-15/h5-15H,3-4H2,1-2H3,(H,26,27)(H,29,30). The maximum absolute atomic E-state index is 11.8. The molecule has 6 heteroatoms. The molecule has 4 aromatic rings. The fraction of sp³-hybridized carbons (Fsp3) is 0.200. The first kappa shape index (κ1) is 19.2. The summed E-state index contributed by atoms with van der Waals surface area (Å²) in [5.74, 6) is 0.649. The smallest absolute Gasteiger partial charge is 0.339 e. The molecule has 1 aliphatic carbocycles. The first-order valence-corrected chi connectivity index (χ1v) is 10.3. The molecule has 0 aliphatic heterocycles. The van der Waals surface area contributed by atoms with Crippen molar-refractivity contribution in [3.63, 3.8) is 0 Å². The van der Waals surface area contributed by atoms with E-state index < -0.39 is 5.97 Å². The van der Waals surface area contributed by atoms with Gasteiger partial charge in [-0.3, -0.25) is 0 Å². The van der Waals surface area contributed by atoms with Gasteiger partial charge in [-0.1, -0.05) is 12.1 Å². The van der Waals surface area contributed by atoms with Crippen molar-refractivity contribution in [3.8, 4) is 16.9 Å². The van der Waals surface area contributed by atoms with E-state index in [0.29, 0.717) is 11.7 Å². The Bertz CT molecular complexity index is 1290. The minimum Gasteiger partial charge on any atom is -0.497 e. The van der Waals surface area contributed by atoms with Crippen LogP contribution in [0.3, 0.4) is 0 Å². The second-order valence-corrected chi connectivity index (χ2v) is 7.98. The summed E-state index contributed by atoms with van der Waals surface area (Å²) in [5.41, 5.74) is 5.27. The summed E-state index contributed by atoms with van der Waals surface area (Å²) in [6.45, 7) is 0. The number of fused-ring (bicyclic) bond motifs is 1. The van der Waals surface area contributed by atoms with Crippen LogP contribution in [0.25, 0.3) is 22.0 Å². The molecule has 0 atom stereocenters. The average molecular weight is 413 g/mol. The molecule has 0 unspecified atom stereocenters. The Hall–Kier alpha value is -3.80. The van der Waals surface area contributed by atoms with Gasteiger partial charge >= 0.3 is 5.97 Å². The number of methoxy groups -OCH3 is 1. The minimum atomic E-state index is -0.975. The van der Waals surface area contributed by atoms with Gasteiger partial charge in [0.05, 0.1) is 7.11 Å². The van der Waals surface area contributed by atoms with Crippen LogP contribution in [0.5, 0.6) is 5.75 Å². The Kier molecular flexibility index (Phi) is 4.62. The molecule has 1 saturated carbocycles. The Morgan fingerprint density at radius 1 is 1.16 bits per heavy atom. The molecule has 6 nitrogen and oxygen atoms in total. The Labute approximate surface area is 180 Å². The van der Waals surface area contributed by atoms with Crippen LogP contribution in [-0.2, 0) is 7.05 Å². The number of aromatic nitrogens is 2. The number of carboxylic acid groups (broad SMARTS) is 1. The van der Waals surface area contributed by atoms with Crippen molar-refractivity contribution in [1.29, 1.82) is 0 Å². The maximum Gasteiger partial charge on any atom is 0.339 e. The van der Waals surface area contributed by atoms with Gasteiger partial charge in [-0.05, 0) is 66.3 Å². The molecular weight excluding hydrogens is 390 g/mol. The van der Waals surface area contributed by atoms with Gasteiger partial charge in [0.2, 0.25) is 0 Å². The summed E-state index contributed by atoms with van der Waals surface area (Å²) < 4.78 is 7.36. The highest BCUT2D eigenvalue weighted by Crippen LogP contribution is 2.41. The molecule has 2 heterocycles. The van der Waals surface area contributed by atoms with E-state index in [2.05, 4.69) is 21.1 Å². The molecule has 0 radical (unpaired) electrons. The van der Waals surface area contributed by atoms with E-state index in [1.54, 1.807) is 19.4 Å². The summed E-state index contributed by atoms with van der Waals surface area (Å²) in [6, 6.07) is 15.7. The van der Waals surface area contributed by atoms with Gasteiger partial charge in [-0.15, -0.1) is 0 Å². The highest BCUT2D eigenvalue weighted by Gasteiger charge is 2.26. The Morgan fingerprint density at radius 3 is 2.61 bits per heavy atom. The predicted octanol–water partition coefficient (Wildman–Crippen LogP) is 5.57. The third-order valence-corrected chi connectivity index (χ3v) is 5.84. The molecule has 0 spiro atoms. The zero-order chi connectivity index (χ0) is 21.5. The van der Waals surface area contributed by atoms with E-state index in [0.717, 1.165) is 51.9 Å². The van der Waals surface area contributed by atoms with Crippen molar-refractivity contribution in [3.05, 3.63) is 72.1 Å². The van der Waals surface area contributed by atoms with E-state index in [9.17, 15) is 9.90 Å². The lowest BCUT2D eigenvalue weighted by Gasteiger charge is -2.11. The van der Waals surface area contributed by atoms with Gasteiger partial charge in [-0.2, -0.15) is 0 Å². The molecule has 31 heavy (non-hydrogen) atoms. The third-order valence-electron chi connectivity index (χ3n) is 5.84. The van der Waals surface area contributed by atoms with Gasteiger partial charge in [0.25, 0.3) is 0 Å². The van der Waals surface area contributed by atoms with Gasteiger partial charge in [0.1, 0.15) is 17.1 Å². The van der Waals surface area contributed by atoms with Crippen LogP contribution in [0.4, 0.5) is 11.5 Å². The number of nitrogens with zero attached hydrogens (tertiary/aromatic N) is 2. The van der Waals surface area contributed by atoms with Crippen LogP contribution in [0.2, 0.25) is 0 Å². The number of aromatic carboxylic acids is 1. The number of ether oxygens (including phenoxy) is 1. The number of pyridine rings is 1. The van der Waals surface area contributed by atoms with Crippen molar-refractivity contribution in [2.45, 2.75) is 18.8 Å². The fourth-order valence-electron chi connectivity index (χ4n) is 3.99. The van der Waals surface area contributed by atoms with Gasteiger partial charge < -0.3 is 19.7 Å².